The van der Waals surface area contributed by atoms with E-state index in [4.69, 9.17) is 4.42 Å². The van der Waals surface area contributed by atoms with E-state index in [9.17, 15) is 0 Å². The van der Waals surface area contributed by atoms with E-state index in [0.717, 1.165) is 5.76 Å². The molecular formula is C16H17NOS. The van der Waals surface area contributed by atoms with Crippen molar-refractivity contribution in [1.82, 2.24) is 5.32 Å². The van der Waals surface area contributed by atoms with Crippen LogP contribution in [0.1, 0.15) is 36.6 Å². The van der Waals surface area contributed by atoms with Crippen molar-refractivity contribution in [3.05, 3.63) is 59.4 Å². The molecule has 1 aromatic carbocycles. The number of rotatable bonds is 4. The summed E-state index contributed by atoms with van der Waals surface area (Å²) in [5, 5.41) is 4.90. The van der Waals surface area contributed by atoms with Crippen LogP contribution in [-0.4, -0.2) is 0 Å². The fourth-order valence-electron chi connectivity index (χ4n) is 2.29. The Hall–Kier alpha value is -1.58. The molecule has 2 aromatic heterocycles. The molecule has 0 amide bonds. The Morgan fingerprint density at radius 1 is 1.05 bits per heavy atom. The molecule has 2 atom stereocenters. The van der Waals surface area contributed by atoms with E-state index in [1.54, 1.807) is 6.26 Å². The van der Waals surface area contributed by atoms with Crippen molar-refractivity contribution >= 4 is 21.4 Å². The maximum Gasteiger partial charge on any atom is 0.120 e. The minimum atomic E-state index is 0.218. The lowest BCUT2D eigenvalue weighted by atomic mass is 10.2. The highest BCUT2D eigenvalue weighted by Gasteiger charge is 2.14. The minimum Gasteiger partial charge on any atom is -0.468 e. The summed E-state index contributed by atoms with van der Waals surface area (Å²) in [6.07, 6.45) is 1.72. The van der Waals surface area contributed by atoms with E-state index in [0.29, 0.717) is 6.04 Å². The molecule has 2 unspecified atom stereocenters. The molecule has 3 heteroatoms. The number of nitrogens with one attached hydrogen (secondary N) is 1. The first-order valence-electron chi connectivity index (χ1n) is 6.52. The molecule has 19 heavy (non-hydrogen) atoms. The van der Waals surface area contributed by atoms with Crippen molar-refractivity contribution in [2.75, 3.05) is 0 Å². The Kier molecular flexibility index (Phi) is 3.40. The van der Waals surface area contributed by atoms with Crippen molar-refractivity contribution in [3.8, 4) is 0 Å². The lowest BCUT2D eigenvalue weighted by Gasteiger charge is -2.17. The van der Waals surface area contributed by atoms with Crippen molar-refractivity contribution in [3.63, 3.8) is 0 Å². The Labute approximate surface area is 117 Å². The molecule has 0 aliphatic carbocycles. The van der Waals surface area contributed by atoms with Crippen molar-refractivity contribution < 1.29 is 4.42 Å². The third-order valence-electron chi connectivity index (χ3n) is 3.34. The van der Waals surface area contributed by atoms with Crippen molar-refractivity contribution in [2.45, 2.75) is 25.9 Å². The molecule has 0 fully saturated rings. The molecule has 3 rings (SSSR count). The molecule has 98 valence electrons. The lowest BCUT2D eigenvalue weighted by Crippen LogP contribution is -2.21. The number of hydrogen-bond donors (Lipinski definition) is 1. The second-order valence-corrected chi connectivity index (χ2v) is 5.93. The number of thiophene rings is 1. The van der Waals surface area contributed by atoms with Gasteiger partial charge in [0.1, 0.15) is 5.76 Å². The van der Waals surface area contributed by atoms with Gasteiger partial charge in [-0.2, -0.15) is 0 Å². The topological polar surface area (TPSA) is 25.2 Å². The van der Waals surface area contributed by atoms with Crippen LogP contribution in [-0.2, 0) is 0 Å². The van der Waals surface area contributed by atoms with Crippen LogP contribution in [0.4, 0.5) is 0 Å². The molecule has 0 aliphatic rings. The third kappa shape index (κ3) is 2.57. The first-order valence-corrected chi connectivity index (χ1v) is 7.33. The van der Waals surface area contributed by atoms with Gasteiger partial charge in [0.25, 0.3) is 0 Å². The SMILES string of the molecule is CC(NC(C)c1cc2ccccc2s1)c1ccco1. The summed E-state index contributed by atoms with van der Waals surface area (Å²) >= 11 is 1.85. The zero-order chi connectivity index (χ0) is 13.2. The summed E-state index contributed by atoms with van der Waals surface area (Å²) in [6.45, 7) is 4.33. The second kappa shape index (κ2) is 5.19. The molecule has 0 radical (unpaired) electrons. The third-order valence-corrected chi connectivity index (χ3v) is 4.64. The Morgan fingerprint density at radius 3 is 2.63 bits per heavy atom. The molecule has 0 aliphatic heterocycles. The van der Waals surface area contributed by atoms with Gasteiger partial charge in [0.05, 0.1) is 12.3 Å². The van der Waals surface area contributed by atoms with Gasteiger partial charge >= 0.3 is 0 Å². The summed E-state index contributed by atoms with van der Waals surface area (Å²) in [5.41, 5.74) is 0. The predicted octanol–water partition coefficient (Wildman–Crippen LogP) is 4.91. The standard InChI is InChI=1S/C16H17NOS/c1-11(14-7-5-9-18-14)17-12(2)16-10-13-6-3-4-8-15(13)19-16/h3-12,17H,1-2H3. The quantitative estimate of drug-likeness (QED) is 0.729. The van der Waals surface area contributed by atoms with Crippen molar-refractivity contribution in [2.24, 2.45) is 0 Å². The average Bonchev–Trinajstić information content (AvgIpc) is 3.07. The van der Waals surface area contributed by atoms with Gasteiger partial charge in [0.15, 0.2) is 0 Å². The number of hydrogen-bond acceptors (Lipinski definition) is 3. The minimum absolute atomic E-state index is 0.218. The van der Waals surface area contributed by atoms with Crippen LogP contribution < -0.4 is 5.32 Å². The Morgan fingerprint density at radius 2 is 1.89 bits per heavy atom. The van der Waals surface area contributed by atoms with Gasteiger partial charge in [0.2, 0.25) is 0 Å². The molecule has 1 N–H and O–H groups in total. The highest BCUT2D eigenvalue weighted by Crippen LogP contribution is 2.30. The highest BCUT2D eigenvalue weighted by molar-refractivity contribution is 7.19. The molecule has 0 spiro atoms. The number of furan rings is 1. The molecular weight excluding hydrogens is 254 g/mol. The monoisotopic (exact) mass is 271 g/mol. The molecule has 3 aromatic rings. The number of fused-ring (bicyclic) bond motifs is 1. The Bertz CT molecular complexity index is 623. The van der Waals surface area contributed by atoms with Gasteiger partial charge in [-0.25, -0.2) is 0 Å². The van der Waals surface area contributed by atoms with Crippen LogP contribution in [0.15, 0.2) is 53.1 Å². The van der Waals surface area contributed by atoms with Gasteiger partial charge in [-0.15, -0.1) is 11.3 Å². The van der Waals surface area contributed by atoms with Crippen molar-refractivity contribution in [1.29, 1.82) is 0 Å². The fraction of sp³-hybridized carbons (Fsp3) is 0.250. The van der Waals surface area contributed by atoms with Gasteiger partial charge < -0.3 is 9.73 Å². The Balaban J connectivity index is 1.78. The first kappa shape index (κ1) is 12.5. The lowest BCUT2D eigenvalue weighted by molar-refractivity contribution is 0.405. The summed E-state index contributed by atoms with van der Waals surface area (Å²) in [7, 11) is 0. The highest BCUT2D eigenvalue weighted by atomic mass is 32.1. The molecule has 0 saturated carbocycles. The number of benzene rings is 1. The maximum absolute atomic E-state index is 5.43. The second-order valence-electron chi connectivity index (χ2n) is 4.81. The molecule has 2 nitrogen and oxygen atoms in total. The van der Waals surface area contributed by atoms with Crippen LogP contribution in [0, 0.1) is 0 Å². The zero-order valence-electron chi connectivity index (χ0n) is 11.1. The predicted molar refractivity (Wildman–Crippen MR) is 80.5 cm³/mol. The van der Waals surface area contributed by atoms with Gasteiger partial charge in [-0.1, -0.05) is 18.2 Å². The average molecular weight is 271 g/mol. The molecule has 0 bridgehead atoms. The molecule has 0 saturated heterocycles. The van der Waals surface area contributed by atoms with E-state index in [2.05, 4.69) is 49.5 Å². The van der Waals surface area contributed by atoms with Crippen LogP contribution in [0.2, 0.25) is 0 Å². The summed E-state index contributed by atoms with van der Waals surface area (Å²) < 4.78 is 6.78. The van der Waals surface area contributed by atoms with E-state index in [-0.39, 0.29) is 6.04 Å². The van der Waals surface area contributed by atoms with E-state index < -0.39 is 0 Å². The smallest absolute Gasteiger partial charge is 0.120 e. The zero-order valence-corrected chi connectivity index (χ0v) is 11.9. The van der Waals surface area contributed by atoms with Gasteiger partial charge in [-0.05, 0) is 43.5 Å². The summed E-state index contributed by atoms with van der Waals surface area (Å²) in [6, 6.07) is 15.3. The van der Waals surface area contributed by atoms with Crippen LogP contribution in [0.5, 0.6) is 0 Å². The van der Waals surface area contributed by atoms with E-state index >= 15 is 0 Å². The molecule has 2 heterocycles. The van der Waals surface area contributed by atoms with E-state index in [1.807, 2.05) is 23.5 Å². The van der Waals surface area contributed by atoms with E-state index in [1.165, 1.54) is 15.0 Å². The normalized spacial score (nSPS) is 14.6. The summed E-state index contributed by atoms with van der Waals surface area (Å²) in [4.78, 5) is 1.36. The maximum atomic E-state index is 5.43. The first-order chi connectivity index (χ1) is 9.24. The van der Waals surface area contributed by atoms with Gasteiger partial charge in [0, 0.05) is 15.6 Å². The van der Waals surface area contributed by atoms with Crippen LogP contribution >= 0.6 is 11.3 Å². The summed E-state index contributed by atoms with van der Waals surface area (Å²) in [5.74, 6) is 0.980. The largest absolute Gasteiger partial charge is 0.468 e. The van der Waals surface area contributed by atoms with Crippen LogP contribution in [0.3, 0.4) is 0 Å². The van der Waals surface area contributed by atoms with Crippen LogP contribution in [0.25, 0.3) is 10.1 Å². The fourth-order valence-corrected chi connectivity index (χ4v) is 3.37. The van der Waals surface area contributed by atoms with Gasteiger partial charge in [-0.3, -0.25) is 0 Å².